The second-order valence-electron chi connectivity index (χ2n) is 4.23. The molecule has 2 N–H and O–H groups in total. The van der Waals surface area contributed by atoms with Crippen molar-refractivity contribution in [3.63, 3.8) is 0 Å². The standard InChI is InChI=1S/C13H15ClN4O2S/c1-8-5-9(3-4-10(8)14)20-6-11-16-13(18-17-11)21-7-12(19)15-2/h3-5H,6-7H2,1-2H3,(H,15,19)(H,16,17,18). The Morgan fingerprint density at radius 3 is 3.05 bits per heavy atom. The van der Waals surface area contributed by atoms with E-state index in [2.05, 4.69) is 20.5 Å². The van der Waals surface area contributed by atoms with Crippen LogP contribution in [0.15, 0.2) is 23.4 Å². The van der Waals surface area contributed by atoms with Crippen molar-refractivity contribution < 1.29 is 9.53 Å². The zero-order valence-corrected chi connectivity index (χ0v) is 13.2. The number of ether oxygens (including phenoxy) is 1. The molecule has 2 aromatic rings. The predicted molar refractivity (Wildman–Crippen MR) is 81.7 cm³/mol. The number of nitrogens with zero attached hydrogens (tertiary/aromatic N) is 2. The minimum Gasteiger partial charge on any atom is -0.486 e. The molecule has 2 rings (SSSR count). The van der Waals surface area contributed by atoms with Gasteiger partial charge in [-0.05, 0) is 30.7 Å². The average Bonchev–Trinajstić information content (AvgIpc) is 2.94. The highest BCUT2D eigenvalue weighted by molar-refractivity contribution is 7.99. The summed E-state index contributed by atoms with van der Waals surface area (Å²) < 4.78 is 5.61. The largest absolute Gasteiger partial charge is 0.486 e. The number of nitrogens with one attached hydrogen (secondary N) is 2. The van der Waals surface area contributed by atoms with Gasteiger partial charge in [0.2, 0.25) is 11.1 Å². The lowest BCUT2D eigenvalue weighted by atomic mass is 10.2. The predicted octanol–water partition coefficient (Wildman–Crippen LogP) is 2.18. The maximum absolute atomic E-state index is 11.1. The van der Waals surface area contributed by atoms with Gasteiger partial charge in [-0.3, -0.25) is 9.89 Å². The third-order valence-electron chi connectivity index (χ3n) is 2.63. The van der Waals surface area contributed by atoms with E-state index in [4.69, 9.17) is 16.3 Å². The number of hydrogen-bond donors (Lipinski definition) is 2. The number of aromatic nitrogens is 3. The van der Waals surface area contributed by atoms with E-state index < -0.39 is 0 Å². The summed E-state index contributed by atoms with van der Waals surface area (Å²) in [5.41, 5.74) is 0.952. The van der Waals surface area contributed by atoms with Crippen LogP contribution in [0.25, 0.3) is 0 Å². The molecule has 0 aliphatic heterocycles. The summed E-state index contributed by atoms with van der Waals surface area (Å²) in [5, 5.41) is 10.6. The van der Waals surface area contributed by atoms with E-state index in [1.165, 1.54) is 11.8 Å². The topological polar surface area (TPSA) is 79.9 Å². The van der Waals surface area contributed by atoms with Crippen LogP contribution >= 0.6 is 23.4 Å². The van der Waals surface area contributed by atoms with Crippen LogP contribution in [0.1, 0.15) is 11.4 Å². The number of aromatic amines is 1. The van der Waals surface area contributed by atoms with E-state index in [1.54, 1.807) is 19.2 Å². The number of amides is 1. The Kier molecular flexibility index (Phi) is 5.46. The molecule has 0 bridgehead atoms. The van der Waals surface area contributed by atoms with Crippen LogP contribution in [-0.4, -0.2) is 33.9 Å². The Labute approximate surface area is 131 Å². The minimum absolute atomic E-state index is 0.0701. The number of thioether (sulfide) groups is 1. The van der Waals surface area contributed by atoms with E-state index >= 15 is 0 Å². The molecular weight excluding hydrogens is 312 g/mol. The van der Waals surface area contributed by atoms with Gasteiger partial charge in [0.25, 0.3) is 0 Å². The molecule has 0 radical (unpaired) electrons. The van der Waals surface area contributed by atoms with Crippen molar-refractivity contribution >= 4 is 29.3 Å². The Morgan fingerprint density at radius 2 is 2.33 bits per heavy atom. The first-order valence-electron chi connectivity index (χ1n) is 6.22. The normalized spacial score (nSPS) is 10.4. The van der Waals surface area contributed by atoms with Crippen molar-refractivity contribution in [3.8, 4) is 5.75 Å². The van der Waals surface area contributed by atoms with E-state index in [1.807, 2.05) is 13.0 Å². The Balaban J connectivity index is 1.87. The van der Waals surface area contributed by atoms with Gasteiger partial charge in [-0.25, -0.2) is 4.98 Å². The number of aryl methyl sites for hydroxylation is 1. The van der Waals surface area contributed by atoms with Crippen LogP contribution < -0.4 is 10.1 Å². The Morgan fingerprint density at radius 1 is 1.52 bits per heavy atom. The van der Waals surface area contributed by atoms with E-state index in [-0.39, 0.29) is 18.3 Å². The molecule has 0 spiro atoms. The molecule has 1 heterocycles. The van der Waals surface area contributed by atoms with Gasteiger partial charge in [-0.2, -0.15) is 0 Å². The van der Waals surface area contributed by atoms with Gasteiger partial charge in [0.1, 0.15) is 12.4 Å². The second-order valence-corrected chi connectivity index (χ2v) is 5.58. The highest BCUT2D eigenvalue weighted by atomic mass is 35.5. The molecule has 0 aliphatic rings. The number of hydrogen-bond acceptors (Lipinski definition) is 5. The molecule has 6 nitrogen and oxygen atoms in total. The molecule has 0 fully saturated rings. The quantitative estimate of drug-likeness (QED) is 0.795. The summed E-state index contributed by atoms with van der Waals surface area (Å²) in [6, 6.07) is 5.45. The lowest BCUT2D eigenvalue weighted by Crippen LogP contribution is -2.19. The molecular formula is C13H15ClN4O2S. The lowest BCUT2D eigenvalue weighted by Gasteiger charge is -2.05. The van der Waals surface area contributed by atoms with Crippen LogP contribution in [0, 0.1) is 6.92 Å². The third kappa shape index (κ3) is 4.64. The highest BCUT2D eigenvalue weighted by Gasteiger charge is 2.07. The van der Waals surface area contributed by atoms with Crippen molar-refractivity contribution in [2.24, 2.45) is 0 Å². The van der Waals surface area contributed by atoms with Crippen molar-refractivity contribution in [1.82, 2.24) is 20.5 Å². The number of H-pyrrole nitrogens is 1. The fourth-order valence-corrected chi connectivity index (χ4v) is 2.27. The Hall–Kier alpha value is -1.73. The van der Waals surface area contributed by atoms with Gasteiger partial charge < -0.3 is 10.1 Å². The first kappa shape index (κ1) is 15.7. The second kappa shape index (κ2) is 7.33. The molecule has 0 aliphatic carbocycles. The van der Waals surface area contributed by atoms with Crippen molar-refractivity contribution in [3.05, 3.63) is 34.6 Å². The zero-order chi connectivity index (χ0) is 15.2. The van der Waals surface area contributed by atoms with Gasteiger partial charge in [0, 0.05) is 12.1 Å². The molecule has 0 saturated heterocycles. The van der Waals surface area contributed by atoms with Crippen LogP contribution in [0.5, 0.6) is 5.75 Å². The lowest BCUT2D eigenvalue weighted by molar-refractivity contribution is -0.118. The molecule has 1 amide bonds. The maximum Gasteiger partial charge on any atom is 0.230 e. The minimum atomic E-state index is -0.0701. The first-order valence-corrected chi connectivity index (χ1v) is 7.58. The van der Waals surface area contributed by atoms with Gasteiger partial charge in [0.05, 0.1) is 5.75 Å². The molecule has 21 heavy (non-hydrogen) atoms. The molecule has 1 aromatic heterocycles. The summed E-state index contributed by atoms with van der Waals surface area (Å²) in [6.07, 6.45) is 0. The molecule has 112 valence electrons. The molecule has 0 atom stereocenters. The van der Waals surface area contributed by atoms with Crippen LogP contribution in [0.2, 0.25) is 5.02 Å². The number of rotatable bonds is 6. The van der Waals surface area contributed by atoms with Gasteiger partial charge >= 0.3 is 0 Å². The van der Waals surface area contributed by atoms with Gasteiger partial charge in [0.15, 0.2) is 5.82 Å². The Bertz CT molecular complexity index is 632. The van der Waals surface area contributed by atoms with Crippen LogP contribution in [-0.2, 0) is 11.4 Å². The van der Waals surface area contributed by atoms with Crippen LogP contribution in [0.4, 0.5) is 0 Å². The van der Waals surface area contributed by atoms with E-state index in [0.717, 1.165) is 5.56 Å². The zero-order valence-electron chi connectivity index (χ0n) is 11.6. The first-order chi connectivity index (χ1) is 10.1. The number of halogens is 1. The fraction of sp³-hybridized carbons (Fsp3) is 0.308. The highest BCUT2D eigenvalue weighted by Crippen LogP contribution is 2.21. The SMILES string of the molecule is CNC(=O)CSc1n[nH]c(COc2ccc(Cl)c(C)c2)n1. The number of benzene rings is 1. The van der Waals surface area contributed by atoms with Gasteiger partial charge in [-0.15, -0.1) is 5.10 Å². The van der Waals surface area contributed by atoms with Crippen molar-refractivity contribution in [2.45, 2.75) is 18.7 Å². The third-order valence-corrected chi connectivity index (χ3v) is 3.90. The van der Waals surface area contributed by atoms with Crippen LogP contribution in [0.3, 0.4) is 0 Å². The molecule has 0 saturated carbocycles. The number of carbonyl (C=O) groups is 1. The summed E-state index contributed by atoms with van der Waals surface area (Å²) in [4.78, 5) is 15.4. The van der Waals surface area contributed by atoms with Crippen molar-refractivity contribution in [2.75, 3.05) is 12.8 Å². The smallest absolute Gasteiger partial charge is 0.230 e. The summed E-state index contributed by atoms with van der Waals surface area (Å²) in [7, 11) is 1.59. The van der Waals surface area contributed by atoms with E-state index in [0.29, 0.717) is 21.8 Å². The molecule has 0 unspecified atom stereocenters. The summed E-state index contributed by atoms with van der Waals surface area (Å²) in [5.74, 6) is 1.53. The molecule has 1 aromatic carbocycles. The van der Waals surface area contributed by atoms with E-state index in [9.17, 15) is 4.79 Å². The maximum atomic E-state index is 11.1. The summed E-state index contributed by atoms with van der Waals surface area (Å²) >= 11 is 7.22. The summed E-state index contributed by atoms with van der Waals surface area (Å²) in [6.45, 7) is 2.19. The van der Waals surface area contributed by atoms with Crippen molar-refractivity contribution in [1.29, 1.82) is 0 Å². The average molecular weight is 327 g/mol. The monoisotopic (exact) mass is 326 g/mol. The fourth-order valence-electron chi connectivity index (χ4n) is 1.47. The number of carbonyl (C=O) groups excluding carboxylic acids is 1. The van der Waals surface area contributed by atoms with Gasteiger partial charge in [-0.1, -0.05) is 23.4 Å². The molecule has 8 heteroatoms.